The number of nitrogens with one attached hydrogen (secondary N) is 1. The maximum atomic E-state index is 11.6. The summed E-state index contributed by atoms with van der Waals surface area (Å²) in [5.41, 5.74) is 0. The van der Waals surface area contributed by atoms with Crippen LogP contribution in [-0.4, -0.2) is 50.2 Å². The monoisotopic (exact) mass is 240 g/mol. The summed E-state index contributed by atoms with van der Waals surface area (Å²) in [5.74, 6) is 1.13. The fraction of sp³-hybridized carbons (Fsp3) is 0.923. The quantitative estimate of drug-likeness (QED) is 0.700. The second kappa shape index (κ2) is 5.83. The lowest BCUT2D eigenvalue weighted by Gasteiger charge is -2.19. The van der Waals surface area contributed by atoms with Gasteiger partial charge in [0, 0.05) is 13.1 Å². The van der Waals surface area contributed by atoms with Gasteiger partial charge in [0.1, 0.15) is 6.04 Å². The minimum Gasteiger partial charge on any atom is -0.468 e. The Kier molecular flexibility index (Phi) is 4.40. The number of carbonyl (C=O) groups excluding carboxylic acids is 1. The number of methoxy groups -OCH3 is 1. The minimum absolute atomic E-state index is 0.0596. The van der Waals surface area contributed by atoms with Crippen molar-refractivity contribution in [1.29, 1.82) is 0 Å². The summed E-state index contributed by atoms with van der Waals surface area (Å²) in [7, 11) is 1.48. The molecule has 0 radical (unpaired) electrons. The first-order valence-electron chi connectivity index (χ1n) is 6.78. The zero-order valence-corrected chi connectivity index (χ0v) is 10.9. The van der Waals surface area contributed by atoms with Crippen molar-refractivity contribution in [2.45, 2.75) is 32.2 Å². The van der Waals surface area contributed by atoms with Gasteiger partial charge in [-0.3, -0.25) is 4.79 Å². The largest absolute Gasteiger partial charge is 0.468 e. The van der Waals surface area contributed by atoms with E-state index in [4.69, 9.17) is 4.74 Å². The first-order chi connectivity index (χ1) is 8.24. The second-order valence-corrected chi connectivity index (χ2v) is 5.29. The molecule has 1 saturated carbocycles. The second-order valence-electron chi connectivity index (χ2n) is 5.29. The Morgan fingerprint density at radius 3 is 2.76 bits per heavy atom. The smallest absolute Gasteiger partial charge is 0.323 e. The van der Waals surface area contributed by atoms with Crippen molar-refractivity contribution >= 4 is 5.97 Å². The predicted octanol–water partition coefficient (Wildman–Crippen LogP) is 0.869. The van der Waals surface area contributed by atoms with Gasteiger partial charge in [0.05, 0.1) is 7.11 Å². The zero-order valence-electron chi connectivity index (χ0n) is 10.9. The van der Waals surface area contributed by atoms with Crippen LogP contribution < -0.4 is 5.32 Å². The van der Waals surface area contributed by atoms with Crippen molar-refractivity contribution in [2.24, 2.45) is 11.8 Å². The molecule has 4 nitrogen and oxygen atoms in total. The number of hydrogen-bond acceptors (Lipinski definition) is 4. The molecule has 4 heteroatoms. The third kappa shape index (κ3) is 3.42. The molecule has 1 saturated heterocycles. The van der Waals surface area contributed by atoms with Gasteiger partial charge in [0.25, 0.3) is 0 Å². The lowest BCUT2D eigenvalue weighted by Crippen LogP contribution is -2.42. The number of rotatable bonds is 6. The number of ether oxygens (including phenoxy) is 1. The number of carbonyl (C=O) groups is 1. The first-order valence-corrected chi connectivity index (χ1v) is 6.78. The molecule has 2 rings (SSSR count). The van der Waals surface area contributed by atoms with E-state index >= 15 is 0 Å². The summed E-state index contributed by atoms with van der Waals surface area (Å²) in [5, 5.41) is 3.42. The third-order valence-corrected chi connectivity index (χ3v) is 3.99. The zero-order chi connectivity index (χ0) is 12.3. The molecule has 0 amide bonds. The summed E-state index contributed by atoms with van der Waals surface area (Å²) in [6, 6.07) is -0.0596. The van der Waals surface area contributed by atoms with Crippen LogP contribution in [0.4, 0.5) is 0 Å². The van der Waals surface area contributed by atoms with Crippen LogP contribution in [0.25, 0.3) is 0 Å². The van der Waals surface area contributed by atoms with Crippen molar-refractivity contribution in [3.05, 3.63) is 0 Å². The van der Waals surface area contributed by atoms with Gasteiger partial charge >= 0.3 is 5.97 Å². The molecule has 0 aromatic heterocycles. The van der Waals surface area contributed by atoms with E-state index in [0.717, 1.165) is 13.1 Å². The molecule has 17 heavy (non-hydrogen) atoms. The van der Waals surface area contributed by atoms with Gasteiger partial charge in [0.15, 0.2) is 0 Å². The third-order valence-electron chi connectivity index (χ3n) is 3.99. The molecule has 1 heterocycles. The summed E-state index contributed by atoms with van der Waals surface area (Å²) in [6.45, 7) is 6.67. The Hall–Kier alpha value is -0.610. The van der Waals surface area contributed by atoms with Gasteiger partial charge in [-0.25, -0.2) is 0 Å². The maximum absolute atomic E-state index is 11.6. The van der Waals surface area contributed by atoms with Gasteiger partial charge in [-0.05, 0) is 44.2 Å². The minimum atomic E-state index is -0.0853. The van der Waals surface area contributed by atoms with Gasteiger partial charge in [0.2, 0.25) is 0 Å². The van der Waals surface area contributed by atoms with Crippen LogP contribution in [0.15, 0.2) is 0 Å². The standard InChI is InChI=1S/C13H24N2O2/c1-3-15-7-6-10(9-15)8-14-12(11-4-5-11)13(16)17-2/h10-12,14H,3-9H2,1-2H3. The highest BCUT2D eigenvalue weighted by atomic mass is 16.5. The van der Waals surface area contributed by atoms with Crippen LogP contribution in [0, 0.1) is 11.8 Å². The van der Waals surface area contributed by atoms with Gasteiger partial charge in [-0.15, -0.1) is 0 Å². The lowest BCUT2D eigenvalue weighted by molar-refractivity contribution is -0.143. The Bertz CT molecular complexity index is 266. The number of hydrogen-bond donors (Lipinski definition) is 1. The summed E-state index contributed by atoms with van der Waals surface area (Å²) >= 11 is 0. The van der Waals surface area contributed by atoms with Gasteiger partial charge in [-0.2, -0.15) is 0 Å². The fourth-order valence-electron chi connectivity index (χ4n) is 2.66. The molecular weight excluding hydrogens is 216 g/mol. The van der Waals surface area contributed by atoms with Crippen molar-refractivity contribution in [3.63, 3.8) is 0 Å². The van der Waals surface area contributed by atoms with Crippen LogP contribution in [-0.2, 0) is 9.53 Å². The molecule has 2 atom stereocenters. The highest BCUT2D eigenvalue weighted by molar-refractivity contribution is 5.76. The summed E-state index contributed by atoms with van der Waals surface area (Å²) in [6.07, 6.45) is 3.58. The van der Waals surface area contributed by atoms with Crippen molar-refractivity contribution in [3.8, 4) is 0 Å². The normalized spacial score (nSPS) is 27.1. The highest BCUT2D eigenvalue weighted by Crippen LogP contribution is 2.33. The molecular formula is C13H24N2O2. The average molecular weight is 240 g/mol. The molecule has 1 aliphatic carbocycles. The van der Waals surface area contributed by atoms with Gasteiger partial charge in [-0.1, -0.05) is 6.92 Å². The van der Waals surface area contributed by atoms with Crippen LogP contribution in [0.3, 0.4) is 0 Å². The van der Waals surface area contributed by atoms with Crippen molar-refractivity contribution in [2.75, 3.05) is 33.3 Å². The van der Waals surface area contributed by atoms with Crippen molar-refractivity contribution in [1.82, 2.24) is 10.2 Å². The van der Waals surface area contributed by atoms with Crippen molar-refractivity contribution < 1.29 is 9.53 Å². The Balaban J connectivity index is 1.74. The van der Waals surface area contributed by atoms with Gasteiger partial charge < -0.3 is 15.0 Å². The van der Waals surface area contributed by atoms with Crippen LogP contribution >= 0.6 is 0 Å². The molecule has 1 N–H and O–H groups in total. The first kappa shape index (κ1) is 12.8. The van der Waals surface area contributed by atoms with E-state index in [9.17, 15) is 4.79 Å². The van der Waals surface area contributed by atoms with E-state index in [0.29, 0.717) is 11.8 Å². The summed E-state index contributed by atoms with van der Waals surface area (Å²) < 4.78 is 4.86. The van der Waals surface area contributed by atoms with E-state index in [-0.39, 0.29) is 12.0 Å². The topological polar surface area (TPSA) is 41.6 Å². The molecule has 2 unspecified atom stereocenters. The SMILES string of the molecule is CCN1CCC(CNC(C(=O)OC)C2CC2)C1. The van der Waals surface area contributed by atoms with Crippen LogP contribution in [0.5, 0.6) is 0 Å². The van der Waals surface area contributed by atoms with E-state index in [2.05, 4.69) is 17.1 Å². The maximum Gasteiger partial charge on any atom is 0.323 e. The van der Waals surface area contributed by atoms with E-state index in [1.165, 1.54) is 39.5 Å². The fourth-order valence-corrected chi connectivity index (χ4v) is 2.66. The highest BCUT2D eigenvalue weighted by Gasteiger charge is 2.37. The molecule has 0 spiro atoms. The average Bonchev–Trinajstić information content (AvgIpc) is 3.07. The number of likely N-dealkylation sites (tertiary alicyclic amines) is 1. The molecule has 0 aromatic carbocycles. The van der Waals surface area contributed by atoms with E-state index in [1.807, 2.05) is 0 Å². The van der Waals surface area contributed by atoms with Crippen LogP contribution in [0.1, 0.15) is 26.2 Å². The molecule has 1 aliphatic heterocycles. The predicted molar refractivity (Wildman–Crippen MR) is 66.8 cm³/mol. The Labute approximate surface area is 104 Å². The molecule has 0 bridgehead atoms. The lowest BCUT2D eigenvalue weighted by atomic mass is 10.1. The van der Waals surface area contributed by atoms with E-state index in [1.54, 1.807) is 0 Å². The Morgan fingerprint density at radius 1 is 1.47 bits per heavy atom. The van der Waals surface area contributed by atoms with E-state index < -0.39 is 0 Å². The molecule has 98 valence electrons. The number of nitrogens with zero attached hydrogens (tertiary/aromatic N) is 1. The Morgan fingerprint density at radius 2 is 2.24 bits per heavy atom. The van der Waals surface area contributed by atoms with Crippen LogP contribution in [0.2, 0.25) is 0 Å². The molecule has 2 aliphatic rings. The summed E-state index contributed by atoms with van der Waals surface area (Å²) in [4.78, 5) is 14.1. The molecule has 2 fully saturated rings. The number of esters is 1. The molecule has 0 aromatic rings.